The van der Waals surface area contributed by atoms with Gasteiger partial charge in [0, 0.05) is 34.9 Å². The quantitative estimate of drug-likeness (QED) is 0.941. The Kier molecular flexibility index (Phi) is 4.68. The SMILES string of the molecule is Cc1c(Br)cccc1C(=O)NCCc1ccccn1. The normalized spacial score (nSPS) is 10.2. The van der Waals surface area contributed by atoms with Crippen molar-refractivity contribution in [1.82, 2.24) is 10.3 Å². The van der Waals surface area contributed by atoms with Gasteiger partial charge >= 0.3 is 0 Å². The van der Waals surface area contributed by atoms with Crippen LogP contribution >= 0.6 is 15.9 Å². The number of carbonyl (C=O) groups excluding carboxylic acids is 1. The lowest BCUT2D eigenvalue weighted by Gasteiger charge is -2.08. The molecule has 0 unspecified atom stereocenters. The van der Waals surface area contributed by atoms with E-state index in [9.17, 15) is 4.79 Å². The van der Waals surface area contributed by atoms with Crippen LogP contribution in [0.25, 0.3) is 0 Å². The van der Waals surface area contributed by atoms with Gasteiger partial charge in [0.25, 0.3) is 5.91 Å². The molecular weight excluding hydrogens is 304 g/mol. The molecule has 0 fully saturated rings. The molecule has 0 aliphatic rings. The highest BCUT2D eigenvalue weighted by molar-refractivity contribution is 9.10. The molecule has 1 N–H and O–H groups in total. The number of nitrogens with zero attached hydrogens (tertiary/aromatic N) is 1. The van der Waals surface area contributed by atoms with E-state index in [1.54, 1.807) is 6.20 Å². The van der Waals surface area contributed by atoms with E-state index in [0.29, 0.717) is 12.1 Å². The third-order valence-corrected chi connectivity index (χ3v) is 3.76. The molecule has 2 aromatic rings. The first kappa shape index (κ1) is 13.7. The Balaban J connectivity index is 1.93. The Morgan fingerprint density at radius 2 is 2.11 bits per heavy atom. The van der Waals surface area contributed by atoms with Gasteiger partial charge in [0.1, 0.15) is 0 Å². The van der Waals surface area contributed by atoms with Crippen LogP contribution in [-0.4, -0.2) is 17.4 Å². The van der Waals surface area contributed by atoms with Gasteiger partial charge in [-0.1, -0.05) is 28.1 Å². The number of hydrogen-bond donors (Lipinski definition) is 1. The molecule has 0 radical (unpaired) electrons. The van der Waals surface area contributed by atoms with Crippen LogP contribution in [0, 0.1) is 6.92 Å². The molecule has 1 amide bonds. The van der Waals surface area contributed by atoms with Crippen molar-refractivity contribution < 1.29 is 4.79 Å². The lowest BCUT2D eigenvalue weighted by molar-refractivity contribution is 0.0953. The van der Waals surface area contributed by atoms with Gasteiger partial charge in [-0.2, -0.15) is 0 Å². The minimum atomic E-state index is -0.0465. The summed E-state index contributed by atoms with van der Waals surface area (Å²) in [6.07, 6.45) is 2.50. The van der Waals surface area contributed by atoms with E-state index < -0.39 is 0 Å². The monoisotopic (exact) mass is 318 g/mol. The van der Waals surface area contributed by atoms with E-state index in [0.717, 1.165) is 22.2 Å². The molecular formula is C15H15BrN2O. The molecule has 1 heterocycles. The van der Waals surface area contributed by atoms with E-state index in [2.05, 4.69) is 26.2 Å². The van der Waals surface area contributed by atoms with Gasteiger partial charge in [-0.15, -0.1) is 0 Å². The topological polar surface area (TPSA) is 42.0 Å². The lowest BCUT2D eigenvalue weighted by atomic mass is 10.1. The Morgan fingerprint density at radius 1 is 1.26 bits per heavy atom. The van der Waals surface area contributed by atoms with E-state index in [1.807, 2.05) is 43.3 Å². The summed E-state index contributed by atoms with van der Waals surface area (Å²) in [5.41, 5.74) is 2.64. The maximum atomic E-state index is 12.1. The van der Waals surface area contributed by atoms with E-state index in [1.165, 1.54) is 0 Å². The average molecular weight is 319 g/mol. The maximum Gasteiger partial charge on any atom is 0.251 e. The molecule has 0 spiro atoms. The van der Waals surface area contributed by atoms with Crippen LogP contribution in [-0.2, 0) is 6.42 Å². The second-order valence-electron chi connectivity index (χ2n) is 4.24. The number of benzene rings is 1. The van der Waals surface area contributed by atoms with Gasteiger partial charge in [0.2, 0.25) is 0 Å². The van der Waals surface area contributed by atoms with Crippen LogP contribution in [0.2, 0.25) is 0 Å². The van der Waals surface area contributed by atoms with Crippen LogP contribution < -0.4 is 5.32 Å². The predicted octanol–water partition coefficient (Wildman–Crippen LogP) is 3.13. The number of rotatable bonds is 4. The largest absolute Gasteiger partial charge is 0.352 e. The molecule has 1 aromatic heterocycles. The van der Waals surface area contributed by atoms with Gasteiger partial charge in [0.05, 0.1) is 0 Å². The summed E-state index contributed by atoms with van der Waals surface area (Å²) in [7, 11) is 0. The fourth-order valence-corrected chi connectivity index (χ4v) is 2.16. The first-order valence-corrected chi connectivity index (χ1v) is 6.91. The van der Waals surface area contributed by atoms with Crippen molar-refractivity contribution in [3.63, 3.8) is 0 Å². The summed E-state index contributed by atoms with van der Waals surface area (Å²) in [5.74, 6) is -0.0465. The molecule has 1 aromatic carbocycles. The number of nitrogens with one attached hydrogen (secondary N) is 1. The zero-order valence-corrected chi connectivity index (χ0v) is 12.3. The molecule has 0 saturated carbocycles. The molecule has 4 heteroatoms. The average Bonchev–Trinajstić information content (AvgIpc) is 2.43. The van der Waals surface area contributed by atoms with Crippen molar-refractivity contribution in [3.05, 3.63) is 63.9 Å². The Morgan fingerprint density at radius 3 is 2.84 bits per heavy atom. The number of aromatic nitrogens is 1. The molecule has 0 aliphatic heterocycles. The fourth-order valence-electron chi connectivity index (χ4n) is 1.80. The smallest absolute Gasteiger partial charge is 0.251 e. The van der Waals surface area contributed by atoms with Crippen molar-refractivity contribution in [2.75, 3.05) is 6.54 Å². The second-order valence-corrected chi connectivity index (χ2v) is 5.09. The summed E-state index contributed by atoms with van der Waals surface area (Å²) in [6, 6.07) is 11.4. The third-order valence-electron chi connectivity index (χ3n) is 2.91. The Labute approximate surface area is 121 Å². The standard InChI is InChI=1S/C15H15BrN2O/c1-11-13(6-4-7-14(11)16)15(19)18-10-8-12-5-2-3-9-17-12/h2-7,9H,8,10H2,1H3,(H,18,19). The predicted molar refractivity (Wildman–Crippen MR) is 79.2 cm³/mol. The van der Waals surface area contributed by atoms with Crippen LogP contribution in [0.5, 0.6) is 0 Å². The maximum absolute atomic E-state index is 12.1. The molecule has 2 rings (SSSR count). The zero-order valence-electron chi connectivity index (χ0n) is 10.7. The van der Waals surface area contributed by atoms with Crippen molar-refractivity contribution in [3.8, 4) is 0 Å². The van der Waals surface area contributed by atoms with Crippen molar-refractivity contribution in [2.45, 2.75) is 13.3 Å². The van der Waals surface area contributed by atoms with Gasteiger partial charge < -0.3 is 5.32 Å². The van der Waals surface area contributed by atoms with E-state index in [4.69, 9.17) is 0 Å². The van der Waals surface area contributed by atoms with Gasteiger partial charge in [-0.3, -0.25) is 9.78 Å². The van der Waals surface area contributed by atoms with Crippen LogP contribution in [0.3, 0.4) is 0 Å². The Hall–Kier alpha value is -1.68. The third kappa shape index (κ3) is 3.64. The fraction of sp³-hybridized carbons (Fsp3) is 0.200. The molecule has 0 bridgehead atoms. The molecule has 3 nitrogen and oxygen atoms in total. The number of amides is 1. The van der Waals surface area contributed by atoms with Crippen molar-refractivity contribution >= 4 is 21.8 Å². The van der Waals surface area contributed by atoms with E-state index in [-0.39, 0.29) is 5.91 Å². The second kappa shape index (κ2) is 6.48. The molecule has 0 saturated heterocycles. The molecule has 98 valence electrons. The van der Waals surface area contributed by atoms with E-state index >= 15 is 0 Å². The highest BCUT2D eigenvalue weighted by atomic mass is 79.9. The summed E-state index contributed by atoms with van der Waals surface area (Å²) >= 11 is 3.43. The highest BCUT2D eigenvalue weighted by Gasteiger charge is 2.09. The number of pyridine rings is 1. The van der Waals surface area contributed by atoms with Gasteiger partial charge in [-0.05, 0) is 36.8 Å². The van der Waals surface area contributed by atoms with Crippen LogP contribution in [0.1, 0.15) is 21.6 Å². The van der Waals surface area contributed by atoms with Gasteiger partial charge in [-0.25, -0.2) is 0 Å². The minimum Gasteiger partial charge on any atom is -0.352 e. The van der Waals surface area contributed by atoms with Crippen LogP contribution in [0.4, 0.5) is 0 Å². The first-order chi connectivity index (χ1) is 9.18. The number of halogens is 1. The Bertz CT molecular complexity index is 570. The summed E-state index contributed by atoms with van der Waals surface area (Å²) in [4.78, 5) is 16.3. The summed E-state index contributed by atoms with van der Waals surface area (Å²) < 4.78 is 0.949. The molecule has 0 aliphatic carbocycles. The number of carbonyl (C=O) groups is 1. The molecule has 0 atom stereocenters. The molecule has 19 heavy (non-hydrogen) atoms. The van der Waals surface area contributed by atoms with Crippen molar-refractivity contribution in [2.24, 2.45) is 0 Å². The van der Waals surface area contributed by atoms with Gasteiger partial charge in [0.15, 0.2) is 0 Å². The number of hydrogen-bond acceptors (Lipinski definition) is 2. The first-order valence-electron chi connectivity index (χ1n) is 6.11. The summed E-state index contributed by atoms with van der Waals surface area (Å²) in [6.45, 7) is 2.51. The van der Waals surface area contributed by atoms with Crippen LogP contribution in [0.15, 0.2) is 47.1 Å². The lowest BCUT2D eigenvalue weighted by Crippen LogP contribution is -2.26. The zero-order chi connectivity index (χ0) is 13.7. The highest BCUT2D eigenvalue weighted by Crippen LogP contribution is 2.19. The summed E-state index contributed by atoms with van der Waals surface area (Å²) in [5, 5.41) is 2.92. The van der Waals surface area contributed by atoms with Crippen molar-refractivity contribution in [1.29, 1.82) is 0 Å². The minimum absolute atomic E-state index is 0.0465.